The molecule has 0 spiro atoms. The van der Waals surface area contributed by atoms with Gasteiger partial charge in [-0.15, -0.1) is 12.6 Å². The van der Waals surface area contributed by atoms with E-state index in [9.17, 15) is 4.39 Å². The number of halogens is 1. The maximum Gasteiger partial charge on any atom is 0.169 e. The number of fused-ring (bicyclic) bond motifs is 1. The molecule has 1 aromatic carbocycles. The largest absolute Gasteiger partial charge is 0.278 e. The van der Waals surface area contributed by atoms with Crippen molar-refractivity contribution >= 4 is 23.5 Å². The maximum absolute atomic E-state index is 12.9. The van der Waals surface area contributed by atoms with E-state index in [-0.39, 0.29) is 0 Å². The van der Waals surface area contributed by atoms with E-state index in [1.54, 1.807) is 18.3 Å². The molecule has 0 saturated heterocycles. The van der Waals surface area contributed by atoms with Gasteiger partial charge in [-0.3, -0.25) is 5.10 Å². The maximum atomic E-state index is 12.9. The average molecular weight is 182 g/mol. The molecule has 62 valence electrons. The van der Waals surface area contributed by atoms with E-state index in [0.717, 1.165) is 10.9 Å². The standard InChI is InChI=1S/C8H7FN2S/c9-8(12)5-2-1-3-7-6(5)4-10-11-7/h1-4,8,12H,(H,10,11). The fourth-order valence-electron chi connectivity index (χ4n) is 1.20. The van der Waals surface area contributed by atoms with E-state index in [2.05, 4.69) is 22.8 Å². The summed E-state index contributed by atoms with van der Waals surface area (Å²) in [6.07, 6.45) is 1.60. The van der Waals surface area contributed by atoms with E-state index in [1.165, 1.54) is 0 Å². The molecule has 0 aliphatic rings. The van der Waals surface area contributed by atoms with Crippen molar-refractivity contribution in [2.45, 2.75) is 5.50 Å². The second kappa shape index (κ2) is 2.79. The molecule has 1 unspecified atom stereocenters. The van der Waals surface area contributed by atoms with Gasteiger partial charge in [0.1, 0.15) is 0 Å². The molecule has 0 bridgehead atoms. The topological polar surface area (TPSA) is 28.7 Å². The number of nitrogens with one attached hydrogen (secondary N) is 1. The van der Waals surface area contributed by atoms with Crippen molar-refractivity contribution in [2.75, 3.05) is 0 Å². The van der Waals surface area contributed by atoms with Crippen molar-refractivity contribution < 1.29 is 4.39 Å². The molecule has 1 atom stereocenters. The Morgan fingerprint density at radius 1 is 1.50 bits per heavy atom. The van der Waals surface area contributed by atoms with Crippen molar-refractivity contribution in [1.29, 1.82) is 0 Å². The first kappa shape index (κ1) is 7.61. The molecule has 4 heteroatoms. The van der Waals surface area contributed by atoms with Crippen LogP contribution in [-0.2, 0) is 0 Å². The summed E-state index contributed by atoms with van der Waals surface area (Å²) >= 11 is 3.73. The highest BCUT2D eigenvalue weighted by Gasteiger charge is 2.08. The molecule has 2 rings (SSSR count). The van der Waals surface area contributed by atoms with Crippen LogP contribution in [0, 0.1) is 0 Å². The molecule has 12 heavy (non-hydrogen) atoms. The smallest absolute Gasteiger partial charge is 0.169 e. The Morgan fingerprint density at radius 2 is 2.33 bits per heavy atom. The van der Waals surface area contributed by atoms with Gasteiger partial charge >= 0.3 is 0 Å². The fraction of sp³-hybridized carbons (Fsp3) is 0.125. The lowest BCUT2D eigenvalue weighted by molar-refractivity contribution is 0.475. The molecule has 0 fully saturated rings. The molecule has 0 saturated carbocycles. The fourth-order valence-corrected chi connectivity index (χ4v) is 1.42. The Hall–Kier alpha value is -1.03. The molecule has 1 aromatic heterocycles. The average Bonchev–Trinajstić information content (AvgIpc) is 2.49. The number of rotatable bonds is 1. The van der Waals surface area contributed by atoms with E-state index < -0.39 is 5.50 Å². The molecule has 2 aromatic rings. The van der Waals surface area contributed by atoms with Gasteiger partial charge in [0, 0.05) is 10.9 Å². The summed E-state index contributed by atoms with van der Waals surface area (Å²) in [6.45, 7) is 0. The third kappa shape index (κ3) is 1.08. The summed E-state index contributed by atoms with van der Waals surface area (Å²) in [5, 5.41) is 7.37. The van der Waals surface area contributed by atoms with E-state index >= 15 is 0 Å². The van der Waals surface area contributed by atoms with Gasteiger partial charge in [0.15, 0.2) is 5.50 Å². The Bertz CT molecular complexity index is 397. The Kier molecular flexibility index (Phi) is 1.77. The predicted molar refractivity (Wildman–Crippen MR) is 48.9 cm³/mol. The highest BCUT2D eigenvalue weighted by atomic mass is 32.1. The minimum absolute atomic E-state index is 0.560. The van der Waals surface area contributed by atoms with Crippen LogP contribution in [-0.4, -0.2) is 10.2 Å². The van der Waals surface area contributed by atoms with E-state index in [0.29, 0.717) is 5.56 Å². The van der Waals surface area contributed by atoms with Crippen LogP contribution in [0.15, 0.2) is 24.4 Å². The lowest BCUT2D eigenvalue weighted by Gasteiger charge is -2.01. The van der Waals surface area contributed by atoms with Crippen molar-refractivity contribution in [1.82, 2.24) is 10.2 Å². The van der Waals surface area contributed by atoms with Crippen LogP contribution < -0.4 is 0 Å². The van der Waals surface area contributed by atoms with Gasteiger partial charge in [0.25, 0.3) is 0 Å². The van der Waals surface area contributed by atoms with Gasteiger partial charge in [0.05, 0.1) is 11.7 Å². The van der Waals surface area contributed by atoms with Crippen molar-refractivity contribution in [3.63, 3.8) is 0 Å². The first-order valence-electron chi connectivity index (χ1n) is 3.53. The summed E-state index contributed by atoms with van der Waals surface area (Å²) in [7, 11) is 0. The number of hydrogen-bond acceptors (Lipinski definition) is 2. The van der Waals surface area contributed by atoms with Gasteiger partial charge < -0.3 is 0 Å². The third-order valence-corrected chi connectivity index (χ3v) is 2.05. The van der Waals surface area contributed by atoms with Crippen LogP contribution in [0.4, 0.5) is 4.39 Å². The normalized spacial score (nSPS) is 13.5. The number of thiol groups is 1. The van der Waals surface area contributed by atoms with Crippen molar-refractivity contribution in [3.05, 3.63) is 30.0 Å². The van der Waals surface area contributed by atoms with E-state index in [1.807, 2.05) is 6.07 Å². The third-order valence-electron chi connectivity index (χ3n) is 1.78. The van der Waals surface area contributed by atoms with Crippen LogP contribution in [0.2, 0.25) is 0 Å². The number of aromatic nitrogens is 2. The van der Waals surface area contributed by atoms with Crippen LogP contribution in [0.25, 0.3) is 10.9 Å². The highest BCUT2D eigenvalue weighted by Crippen LogP contribution is 2.27. The number of nitrogens with zero attached hydrogens (tertiary/aromatic N) is 1. The summed E-state index contributed by atoms with van der Waals surface area (Å²) in [6, 6.07) is 5.33. The summed E-state index contributed by atoms with van der Waals surface area (Å²) in [4.78, 5) is 0. The summed E-state index contributed by atoms with van der Waals surface area (Å²) < 4.78 is 12.9. The first-order valence-corrected chi connectivity index (χ1v) is 4.05. The molecule has 1 N–H and O–H groups in total. The minimum atomic E-state index is -1.24. The number of benzene rings is 1. The second-order valence-corrected chi connectivity index (χ2v) is 2.97. The van der Waals surface area contributed by atoms with Gasteiger partial charge in [-0.05, 0) is 6.07 Å². The summed E-state index contributed by atoms with van der Waals surface area (Å²) in [5.74, 6) is 0. The molecule has 0 aliphatic carbocycles. The zero-order valence-electron chi connectivity index (χ0n) is 6.16. The molecule has 1 heterocycles. The van der Waals surface area contributed by atoms with Gasteiger partial charge in [-0.25, -0.2) is 4.39 Å². The predicted octanol–water partition coefficient (Wildman–Crippen LogP) is 2.46. The number of H-pyrrole nitrogens is 1. The quantitative estimate of drug-likeness (QED) is 0.651. The SMILES string of the molecule is FC(S)c1cccc2[nH]ncc12. The second-order valence-electron chi connectivity index (χ2n) is 2.51. The minimum Gasteiger partial charge on any atom is -0.278 e. The van der Waals surface area contributed by atoms with Crippen LogP contribution in [0.5, 0.6) is 0 Å². The van der Waals surface area contributed by atoms with Gasteiger partial charge in [-0.1, -0.05) is 12.1 Å². The Balaban J connectivity index is 2.73. The Morgan fingerprint density at radius 3 is 3.08 bits per heavy atom. The molecule has 0 aliphatic heterocycles. The molecule has 0 radical (unpaired) electrons. The summed E-state index contributed by atoms with van der Waals surface area (Å²) in [5.41, 5.74) is 0.153. The zero-order chi connectivity index (χ0) is 8.55. The lowest BCUT2D eigenvalue weighted by Crippen LogP contribution is -1.82. The van der Waals surface area contributed by atoms with Gasteiger partial charge in [0.2, 0.25) is 0 Å². The molecular weight excluding hydrogens is 175 g/mol. The zero-order valence-corrected chi connectivity index (χ0v) is 7.05. The van der Waals surface area contributed by atoms with Crippen molar-refractivity contribution in [3.8, 4) is 0 Å². The molecule has 0 amide bonds. The molecule has 2 nitrogen and oxygen atoms in total. The van der Waals surface area contributed by atoms with Crippen LogP contribution in [0.3, 0.4) is 0 Å². The van der Waals surface area contributed by atoms with Crippen LogP contribution >= 0.6 is 12.6 Å². The lowest BCUT2D eigenvalue weighted by atomic mass is 10.1. The molecular formula is C8H7FN2S. The number of alkyl halides is 1. The highest BCUT2D eigenvalue weighted by molar-refractivity contribution is 7.80. The van der Waals surface area contributed by atoms with Crippen molar-refractivity contribution in [2.24, 2.45) is 0 Å². The Labute approximate surface area is 74.2 Å². The van der Waals surface area contributed by atoms with E-state index in [4.69, 9.17) is 0 Å². The number of aromatic amines is 1. The first-order chi connectivity index (χ1) is 5.79. The number of hydrogen-bond donors (Lipinski definition) is 2. The monoisotopic (exact) mass is 182 g/mol. The van der Waals surface area contributed by atoms with Crippen LogP contribution in [0.1, 0.15) is 11.1 Å². The van der Waals surface area contributed by atoms with Gasteiger partial charge in [-0.2, -0.15) is 5.10 Å².